The zero-order valence-electron chi connectivity index (χ0n) is 12.2. The van der Waals surface area contributed by atoms with Crippen molar-refractivity contribution in [3.8, 4) is 0 Å². The molecule has 5 heteroatoms. The average Bonchev–Trinajstić information content (AvgIpc) is 2.62. The maximum absolute atomic E-state index is 12.5. The zero-order chi connectivity index (χ0) is 15.4. The summed E-state index contributed by atoms with van der Waals surface area (Å²) in [5.41, 5.74) is 0.848. The number of nitrogens with zero attached hydrogens (tertiary/aromatic N) is 3. The van der Waals surface area contributed by atoms with E-state index in [1.54, 1.807) is 6.20 Å². The van der Waals surface area contributed by atoms with Crippen LogP contribution in [0.3, 0.4) is 0 Å². The van der Waals surface area contributed by atoms with E-state index in [9.17, 15) is 4.79 Å². The third-order valence-corrected chi connectivity index (χ3v) is 4.31. The van der Waals surface area contributed by atoms with Gasteiger partial charge in [-0.2, -0.15) is 0 Å². The summed E-state index contributed by atoms with van der Waals surface area (Å²) in [5.74, 6) is 0.939. The normalized spacial score (nSPS) is 16.4. The van der Waals surface area contributed by atoms with Crippen molar-refractivity contribution in [3.63, 3.8) is 0 Å². The van der Waals surface area contributed by atoms with Gasteiger partial charge < -0.3 is 9.80 Å². The molecule has 0 radical (unpaired) electrons. The Bertz CT molecular complexity index is 612. The Morgan fingerprint density at radius 2 is 1.68 bits per heavy atom. The largest absolute Gasteiger partial charge is 0.353 e. The first-order chi connectivity index (χ1) is 10.8. The van der Waals surface area contributed by atoms with Crippen LogP contribution in [0.4, 0.5) is 5.82 Å². The third-order valence-electron chi connectivity index (χ3n) is 3.87. The topological polar surface area (TPSA) is 36.4 Å². The molecule has 1 aromatic carbocycles. The molecule has 1 saturated heterocycles. The van der Waals surface area contributed by atoms with Crippen LogP contribution in [0.5, 0.6) is 0 Å². The second-order valence-electron chi connectivity index (χ2n) is 5.27. The Labute approximate surface area is 135 Å². The molecule has 22 heavy (non-hydrogen) atoms. The average molecular weight is 316 g/mol. The van der Waals surface area contributed by atoms with Crippen molar-refractivity contribution in [2.45, 2.75) is 5.38 Å². The molecule has 0 unspecified atom stereocenters. The molecule has 0 N–H and O–H groups in total. The highest BCUT2D eigenvalue weighted by Crippen LogP contribution is 2.24. The van der Waals surface area contributed by atoms with Crippen molar-refractivity contribution in [1.29, 1.82) is 0 Å². The Morgan fingerprint density at radius 1 is 1.00 bits per heavy atom. The second kappa shape index (κ2) is 6.79. The molecular weight excluding hydrogens is 298 g/mol. The van der Waals surface area contributed by atoms with E-state index in [-0.39, 0.29) is 5.91 Å². The summed E-state index contributed by atoms with van der Waals surface area (Å²) in [6.07, 6.45) is 1.79. The number of piperazine rings is 1. The van der Waals surface area contributed by atoms with Gasteiger partial charge in [-0.1, -0.05) is 36.4 Å². The number of anilines is 1. The summed E-state index contributed by atoms with van der Waals surface area (Å²) in [6, 6.07) is 15.4. The van der Waals surface area contributed by atoms with E-state index in [4.69, 9.17) is 11.6 Å². The number of carbonyl (C=O) groups is 1. The lowest BCUT2D eigenvalue weighted by atomic mass is 10.1. The number of alkyl halides is 1. The second-order valence-corrected chi connectivity index (χ2v) is 5.71. The highest BCUT2D eigenvalue weighted by molar-refractivity contribution is 6.30. The molecule has 2 heterocycles. The summed E-state index contributed by atoms with van der Waals surface area (Å²) in [6.45, 7) is 2.90. The fourth-order valence-corrected chi connectivity index (χ4v) is 2.91. The van der Waals surface area contributed by atoms with E-state index in [0.29, 0.717) is 13.1 Å². The van der Waals surface area contributed by atoms with Crippen LogP contribution in [0.25, 0.3) is 0 Å². The number of amides is 1. The van der Waals surface area contributed by atoms with Crippen molar-refractivity contribution in [2.24, 2.45) is 0 Å². The van der Waals surface area contributed by atoms with Gasteiger partial charge in [0.15, 0.2) is 0 Å². The highest BCUT2D eigenvalue weighted by Gasteiger charge is 2.27. The van der Waals surface area contributed by atoms with Gasteiger partial charge >= 0.3 is 0 Å². The Morgan fingerprint density at radius 3 is 2.32 bits per heavy atom. The van der Waals surface area contributed by atoms with Gasteiger partial charge in [-0.05, 0) is 17.7 Å². The van der Waals surface area contributed by atoms with E-state index in [0.717, 1.165) is 24.5 Å². The number of pyridine rings is 1. The molecule has 0 saturated carbocycles. The van der Waals surface area contributed by atoms with Gasteiger partial charge in [-0.3, -0.25) is 4.79 Å². The van der Waals surface area contributed by atoms with Gasteiger partial charge in [0.2, 0.25) is 5.91 Å². The fraction of sp³-hybridized carbons (Fsp3) is 0.294. The Kier molecular flexibility index (Phi) is 4.59. The number of aromatic nitrogens is 1. The van der Waals surface area contributed by atoms with Crippen molar-refractivity contribution in [2.75, 3.05) is 31.1 Å². The van der Waals surface area contributed by atoms with Crippen LogP contribution in [0, 0.1) is 0 Å². The number of rotatable bonds is 3. The minimum atomic E-state index is -0.609. The first-order valence-electron chi connectivity index (χ1n) is 7.39. The maximum Gasteiger partial charge on any atom is 0.245 e. The van der Waals surface area contributed by atoms with E-state index >= 15 is 0 Å². The lowest BCUT2D eigenvalue weighted by molar-refractivity contribution is -0.131. The summed E-state index contributed by atoms with van der Waals surface area (Å²) < 4.78 is 0. The molecule has 4 nitrogen and oxygen atoms in total. The van der Waals surface area contributed by atoms with E-state index < -0.39 is 5.38 Å². The highest BCUT2D eigenvalue weighted by atomic mass is 35.5. The van der Waals surface area contributed by atoms with Crippen LogP contribution in [-0.2, 0) is 4.79 Å². The number of hydrogen-bond acceptors (Lipinski definition) is 3. The smallest absolute Gasteiger partial charge is 0.245 e. The lowest BCUT2D eigenvalue weighted by Crippen LogP contribution is -2.49. The van der Waals surface area contributed by atoms with Crippen LogP contribution in [0.1, 0.15) is 10.9 Å². The van der Waals surface area contributed by atoms with E-state index in [2.05, 4.69) is 9.88 Å². The van der Waals surface area contributed by atoms with Gasteiger partial charge in [-0.25, -0.2) is 4.98 Å². The molecule has 0 aliphatic carbocycles. The van der Waals surface area contributed by atoms with Gasteiger partial charge in [-0.15, -0.1) is 11.6 Å². The van der Waals surface area contributed by atoms with Crippen molar-refractivity contribution in [1.82, 2.24) is 9.88 Å². The molecule has 0 spiro atoms. The van der Waals surface area contributed by atoms with Gasteiger partial charge in [0.1, 0.15) is 11.2 Å². The third kappa shape index (κ3) is 3.22. The predicted molar refractivity (Wildman–Crippen MR) is 88.1 cm³/mol. The molecule has 1 aliphatic rings. The fourth-order valence-electron chi connectivity index (χ4n) is 2.62. The maximum atomic E-state index is 12.5. The summed E-state index contributed by atoms with van der Waals surface area (Å²) >= 11 is 6.33. The molecular formula is C17H18ClN3O. The van der Waals surface area contributed by atoms with E-state index in [1.165, 1.54) is 0 Å². The quantitative estimate of drug-likeness (QED) is 0.817. The van der Waals surface area contributed by atoms with Gasteiger partial charge in [0, 0.05) is 32.4 Å². The molecule has 1 atom stereocenters. The van der Waals surface area contributed by atoms with Crippen LogP contribution in [0.15, 0.2) is 54.7 Å². The van der Waals surface area contributed by atoms with Gasteiger partial charge in [0.05, 0.1) is 0 Å². The van der Waals surface area contributed by atoms with Crippen molar-refractivity contribution < 1.29 is 4.79 Å². The minimum Gasteiger partial charge on any atom is -0.353 e. The predicted octanol–water partition coefficient (Wildman–Crippen LogP) is 2.71. The molecule has 3 rings (SSSR count). The van der Waals surface area contributed by atoms with Crippen LogP contribution in [-0.4, -0.2) is 42.0 Å². The molecule has 1 aliphatic heterocycles. The Hall–Kier alpha value is -2.07. The lowest BCUT2D eigenvalue weighted by Gasteiger charge is -2.36. The first kappa shape index (κ1) is 14.9. The van der Waals surface area contributed by atoms with Crippen molar-refractivity contribution in [3.05, 3.63) is 60.3 Å². The van der Waals surface area contributed by atoms with Crippen LogP contribution >= 0.6 is 11.6 Å². The SMILES string of the molecule is O=C([C@@H](Cl)c1ccccc1)N1CCN(c2ccccn2)CC1. The molecule has 2 aromatic rings. The zero-order valence-corrected chi connectivity index (χ0v) is 13.0. The van der Waals surface area contributed by atoms with Gasteiger partial charge in [0.25, 0.3) is 0 Å². The van der Waals surface area contributed by atoms with Crippen LogP contribution < -0.4 is 4.90 Å². The summed E-state index contributed by atoms with van der Waals surface area (Å²) in [7, 11) is 0. The van der Waals surface area contributed by atoms with Crippen molar-refractivity contribution >= 4 is 23.3 Å². The molecule has 1 amide bonds. The number of carbonyl (C=O) groups excluding carboxylic acids is 1. The van der Waals surface area contributed by atoms with E-state index in [1.807, 2.05) is 53.4 Å². The standard InChI is InChI=1S/C17H18ClN3O/c18-16(14-6-2-1-3-7-14)17(22)21-12-10-20(11-13-21)15-8-4-5-9-19-15/h1-9,16H,10-13H2/t16-/m0/s1. The first-order valence-corrected chi connectivity index (χ1v) is 7.83. The summed E-state index contributed by atoms with van der Waals surface area (Å²) in [5, 5.41) is -0.609. The monoisotopic (exact) mass is 315 g/mol. The molecule has 1 fully saturated rings. The molecule has 0 bridgehead atoms. The van der Waals surface area contributed by atoms with Crippen LogP contribution in [0.2, 0.25) is 0 Å². The summed E-state index contributed by atoms with van der Waals surface area (Å²) in [4.78, 5) is 20.9. The number of benzene rings is 1. The number of halogens is 1. The molecule has 114 valence electrons. The number of hydrogen-bond donors (Lipinski definition) is 0. The Balaban J connectivity index is 1.60. The molecule has 1 aromatic heterocycles. The minimum absolute atomic E-state index is 0.0199.